The zero-order valence-electron chi connectivity index (χ0n) is 9.87. The largest absolute Gasteiger partial charge is 0.384 e. The number of rotatable bonds is 5. The average Bonchev–Trinajstić information content (AvgIpc) is 2.29. The first-order valence-corrected chi connectivity index (χ1v) is 5.67. The molecular formula is C12H20N2O2. The molecule has 0 bridgehead atoms. The van der Waals surface area contributed by atoms with Crippen LogP contribution in [0.15, 0.2) is 0 Å². The van der Waals surface area contributed by atoms with Gasteiger partial charge in [0.05, 0.1) is 13.1 Å². The fourth-order valence-electron chi connectivity index (χ4n) is 1.96. The van der Waals surface area contributed by atoms with Crippen LogP contribution in [0.25, 0.3) is 0 Å². The monoisotopic (exact) mass is 224 g/mol. The number of terminal acetylenes is 1. The van der Waals surface area contributed by atoms with Crippen molar-refractivity contribution in [3.05, 3.63) is 0 Å². The normalized spacial score (nSPS) is 18.0. The predicted octanol–water partition coefficient (Wildman–Crippen LogP) is 0.0942. The maximum Gasteiger partial charge on any atom is 0.234 e. The smallest absolute Gasteiger partial charge is 0.234 e. The second kappa shape index (κ2) is 7.26. The van der Waals surface area contributed by atoms with Crippen molar-refractivity contribution in [2.45, 2.75) is 12.8 Å². The molecule has 1 aliphatic heterocycles. The molecule has 0 saturated carbocycles. The van der Waals surface area contributed by atoms with Crippen LogP contribution in [0.1, 0.15) is 12.8 Å². The van der Waals surface area contributed by atoms with Crippen LogP contribution < -0.4 is 5.32 Å². The van der Waals surface area contributed by atoms with Gasteiger partial charge in [-0.05, 0) is 31.8 Å². The average molecular weight is 224 g/mol. The first-order valence-electron chi connectivity index (χ1n) is 5.67. The van der Waals surface area contributed by atoms with Crippen molar-refractivity contribution in [3.63, 3.8) is 0 Å². The summed E-state index contributed by atoms with van der Waals surface area (Å²) in [6.45, 7) is 3.55. The first kappa shape index (κ1) is 13.0. The second-order valence-corrected chi connectivity index (χ2v) is 4.16. The summed E-state index contributed by atoms with van der Waals surface area (Å²) in [6.07, 6.45) is 7.28. The van der Waals surface area contributed by atoms with Crippen molar-refractivity contribution >= 4 is 5.91 Å². The molecule has 4 nitrogen and oxygen atoms in total. The number of carbonyl (C=O) groups is 1. The van der Waals surface area contributed by atoms with Crippen LogP contribution in [-0.2, 0) is 9.53 Å². The van der Waals surface area contributed by atoms with E-state index in [1.165, 1.54) is 0 Å². The topological polar surface area (TPSA) is 41.6 Å². The van der Waals surface area contributed by atoms with Gasteiger partial charge in [0.15, 0.2) is 0 Å². The number of nitrogens with one attached hydrogen (secondary N) is 1. The summed E-state index contributed by atoms with van der Waals surface area (Å²) in [7, 11) is 1.74. The Morgan fingerprint density at radius 2 is 2.25 bits per heavy atom. The maximum absolute atomic E-state index is 11.4. The molecule has 90 valence electrons. The number of piperidine rings is 1. The van der Waals surface area contributed by atoms with Crippen molar-refractivity contribution in [1.29, 1.82) is 0 Å². The Morgan fingerprint density at radius 3 is 2.81 bits per heavy atom. The number of nitrogens with zero attached hydrogens (tertiary/aromatic N) is 1. The van der Waals surface area contributed by atoms with Gasteiger partial charge >= 0.3 is 0 Å². The molecule has 0 aromatic rings. The van der Waals surface area contributed by atoms with Gasteiger partial charge < -0.3 is 10.1 Å². The van der Waals surface area contributed by atoms with E-state index >= 15 is 0 Å². The summed E-state index contributed by atoms with van der Waals surface area (Å²) in [5, 5.41) is 2.67. The van der Waals surface area contributed by atoms with E-state index in [9.17, 15) is 4.79 Å². The van der Waals surface area contributed by atoms with Crippen LogP contribution in [0.2, 0.25) is 0 Å². The summed E-state index contributed by atoms with van der Waals surface area (Å²) < 4.78 is 5.13. The van der Waals surface area contributed by atoms with Gasteiger partial charge in [0, 0.05) is 13.7 Å². The van der Waals surface area contributed by atoms with Gasteiger partial charge in [0.25, 0.3) is 0 Å². The molecule has 0 aliphatic carbocycles. The van der Waals surface area contributed by atoms with E-state index in [-0.39, 0.29) is 5.91 Å². The van der Waals surface area contributed by atoms with E-state index < -0.39 is 0 Å². The summed E-state index contributed by atoms with van der Waals surface area (Å²) in [5.74, 6) is 3.06. The van der Waals surface area contributed by atoms with Crippen molar-refractivity contribution in [3.8, 4) is 12.3 Å². The molecule has 1 aliphatic rings. The molecule has 0 radical (unpaired) electrons. The quantitative estimate of drug-likeness (QED) is 0.673. The van der Waals surface area contributed by atoms with Crippen LogP contribution >= 0.6 is 0 Å². The summed E-state index contributed by atoms with van der Waals surface area (Å²) >= 11 is 0. The minimum atomic E-state index is 0.0168. The van der Waals surface area contributed by atoms with Crippen LogP contribution in [0.3, 0.4) is 0 Å². The predicted molar refractivity (Wildman–Crippen MR) is 62.9 cm³/mol. The van der Waals surface area contributed by atoms with E-state index in [2.05, 4.69) is 16.1 Å². The summed E-state index contributed by atoms with van der Waals surface area (Å²) in [6, 6.07) is 0. The molecule has 0 aromatic heterocycles. The number of amides is 1. The van der Waals surface area contributed by atoms with Crippen LogP contribution in [0.5, 0.6) is 0 Å². The standard InChI is InChI=1S/C12H20N2O2/c1-3-6-13-12(15)9-14-7-4-11(5-8-14)10-16-2/h1,11H,4-10H2,2H3,(H,13,15). The maximum atomic E-state index is 11.4. The van der Waals surface area contributed by atoms with E-state index in [0.29, 0.717) is 19.0 Å². The lowest BCUT2D eigenvalue weighted by Crippen LogP contribution is -2.42. The van der Waals surface area contributed by atoms with Crippen molar-refractivity contribution in [2.75, 3.05) is 39.9 Å². The minimum Gasteiger partial charge on any atom is -0.384 e. The Kier molecular flexibility index (Phi) is 5.91. The lowest BCUT2D eigenvalue weighted by molar-refractivity contribution is -0.122. The lowest BCUT2D eigenvalue weighted by Gasteiger charge is -2.30. The molecule has 4 heteroatoms. The number of likely N-dealkylation sites (tertiary alicyclic amines) is 1. The lowest BCUT2D eigenvalue weighted by atomic mass is 9.98. The third-order valence-corrected chi connectivity index (χ3v) is 2.86. The molecule has 1 fully saturated rings. The summed E-state index contributed by atoms with van der Waals surface area (Å²) in [4.78, 5) is 13.6. The van der Waals surface area contributed by atoms with E-state index in [0.717, 1.165) is 32.5 Å². The van der Waals surface area contributed by atoms with Crippen molar-refractivity contribution in [1.82, 2.24) is 10.2 Å². The van der Waals surface area contributed by atoms with Crippen LogP contribution in [-0.4, -0.2) is 50.7 Å². The molecule has 1 saturated heterocycles. The molecule has 1 heterocycles. The Labute approximate surface area is 97.3 Å². The summed E-state index contributed by atoms with van der Waals surface area (Å²) in [5.41, 5.74) is 0. The zero-order chi connectivity index (χ0) is 11.8. The molecular weight excluding hydrogens is 204 g/mol. The first-order chi connectivity index (χ1) is 7.76. The molecule has 0 spiro atoms. The van der Waals surface area contributed by atoms with E-state index in [1.54, 1.807) is 7.11 Å². The van der Waals surface area contributed by atoms with Gasteiger partial charge in [-0.15, -0.1) is 6.42 Å². The van der Waals surface area contributed by atoms with E-state index in [1.807, 2.05) is 0 Å². The molecule has 0 unspecified atom stereocenters. The molecule has 0 aromatic carbocycles. The minimum absolute atomic E-state index is 0.0168. The number of methoxy groups -OCH3 is 1. The zero-order valence-corrected chi connectivity index (χ0v) is 9.87. The fraction of sp³-hybridized carbons (Fsp3) is 0.750. The number of ether oxygens (including phenoxy) is 1. The van der Waals surface area contributed by atoms with Gasteiger partial charge in [-0.25, -0.2) is 0 Å². The van der Waals surface area contributed by atoms with Crippen molar-refractivity contribution in [2.24, 2.45) is 5.92 Å². The Balaban J connectivity index is 2.17. The number of hydrogen-bond acceptors (Lipinski definition) is 3. The highest BCUT2D eigenvalue weighted by molar-refractivity contribution is 5.78. The van der Waals surface area contributed by atoms with Crippen molar-refractivity contribution < 1.29 is 9.53 Å². The Morgan fingerprint density at radius 1 is 1.56 bits per heavy atom. The number of carbonyl (C=O) groups excluding carboxylic acids is 1. The highest BCUT2D eigenvalue weighted by atomic mass is 16.5. The molecule has 1 rings (SSSR count). The van der Waals surface area contributed by atoms with Gasteiger partial charge in [0.2, 0.25) is 5.91 Å². The van der Waals surface area contributed by atoms with E-state index in [4.69, 9.17) is 11.2 Å². The molecule has 0 atom stereocenters. The SMILES string of the molecule is C#CCNC(=O)CN1CCC(COC)CC1. The van der Waals surface area contributed by atoms with Gasteiger partial charge in [0.1, 0.15) is 0 Å². The molecule has 1 amide bonds. The van der Waals surface area contributed by atoms with Gasteiger partial charge in [-0.3, -0.25) is 9.69 Å². The van der Waals surface area contributed by atoms with Gasteiger partial charge in [-0.1, -0.05) is 5.92 Å². The molecule has 16 heavy (non-hydrogen) atoms. The third kappa shape index (κ3) is 4.65. The Hall–Kier alpha value is -1.05. The van der Waals surface area contributed by atoms with Gasteiger partial charge in [-0.2, -0.15) is 0 Å². The Bertz CT molecular complexity index is 252. The highest BCUT2D eigenvalue weighted by Crippen LogP contribution is 2.16. The second-order valence-electron chi connectivity index (χ2n) is 4.16. The van der Waals surface area contributed by atoms with Crippen LogP contribution in [0.4, 0.5) is 0 Å². The molecule has 1 N–H and O–H groups in total. The number of hydrogen-bond donors (Lipinski definition) is 1. The fourth-order valence-corrected chi connectivity index (χ4v) is 1.96. The van der Waals surface area contributed by atoms with Crippen LogP contribution in [0, 0.1) is 18.3 Å². The third-order valence-electron chi connectivity index (χ3n) is 2.86. The highest BCUT2D eigenvalue weighted by Gasteiger charge is 2.20.